The second-order valence-electron chi connectivity index (χ2n) is 5.68. The van der Waals surface area contributed by atoms with E-state index in [2.05, 4.69) is 32.6 Å². The summed E-state index contributed by atoms with van der Waals surface area (Å²) in [5.41, 5.74) is -0.365. The SMILES string of the molecule is COc1c(F)cc(F)c(C(=O)Nc2scc(-c3ccc(I)cc3)c2C(=O)O)c1F. The van der Waals surface area contributed by atoms with Crippen LogP contribution in [0.4, 0.5) is 18.2 Å². The number of amides is 1. The lowest BCUT2D eigenvalue weighted by molar-refractivity contribution is 0.0699. The number of thiophene rings is 1. The van der Waals surface area contributed by atoms with E-state index in [0.29, 0.717) is 17.2 Å². The molecule has 0 radical (unpaired) electrons. The molecule has 29 heavy (non-hydrogen) atoms. The Balaban J connectivity index is 2.02. The molecule has 0 atom stereocenters. The second-order valence-corrected chi connectivity index (χ2v) is 7.81. The number of halogens is 4. The summed E-state index contributed by atoms with van der Waals surface area (Å²) in [5.74, 6) is -7.77. The van der Waals surface area contributed by atoms with E-state index in [9.17, 15) is 27.9 Å². The average Bonchev–Trinajstić information content (AvgIpc) is 3.06. The molecule has 2 aromatic carbocycles. The molecular weight excluding hydrogens is 522 g/mol. The summed E-state index contributed by atoms with van der Waals surface area (Å²) in [4.78, 5) is 24.2. The van der Waals surface area contributed by atoms with Crippen molar-refractivity contribution >= 4 is 50.8 Å². The summed E-state index contributed by atoms with van der Waals surface area (Å²) in [6.07, 6.45) is 0. The lowest BCUT2D eigenvalue weighted by Gasteiger charge is -2.10. The van der Waals surface area contributed by atoms with Gasteiger partial charge in [-0.3, -0.25) is 4.79 Å². The van der Waals surface area contributed by atoms with Crippen molar-refractivity contribution in [3.05, 3.63) is 67.9 Å². The second kappa shape index (κ2) is 8.41. The van der Waals surface area contributed by atoms with Gasteiger partial charge in [0.25, 0.3) is 5.91 Å². The Bertz CT molecular complexity index is 1120. The van der Waals surface area contributed by atoms with Crippen LogP contribution < -0.4 is 10.1 Å². The van der Waals surface area contributed by atoms with Gasteiger partial charge in [-0.2, -0.15) is 0 Å². The molecule has 150 valence electrons. The Morgan fingerprint density at radius 3 is 2.34 bits per heavy atom. The molecule has 1 aromatic heterocycles. The van der Waals surface area contributed by atoms with Gasteiger partial charge in [0.15, 0.2) is 17.4 Å². The first-order valence-electron chi connectivity index (χ1n) is 7.88. The minimum atomic E-state index is -1.52. The summed E-state index contributed by atoms with van der Waals surface area (Å²) in [7, 11) is 0.968. The lowest BCUT2D eigenvalue weighted by atomic mass is 10.0. The number of carbonyl (C=O) groups is 2. The molecule has 1 heterocycles. The molecule has 0 aliphatic carbocycles. The summed E-state index contributed by atoms with van der Waals surface area (Å²) in [5, 5.41) is 13.2. The van der Waals surface area contributed by atoms with Crippen LogP contribution in [0.3, 0.4) is 0 Å². The summed E-state index contributed by atoms with van der Waals surface area (Å²) >= 11 is 2.99. The monoisotopic (exact) mass is 533 g/mol. The van der Waals surface area contributed by atoms with Crippen molar-refractivity contribution in [3.8, 4) is 16.9 Å². The van der Waals surface area contributed by atoms with Crippen LogP contribution in [-0.2, 0) is 0 Å². The molecule has 0 aliphatic rings. The van der Waals surface area contributed by atoms with E-state index in [1.807, 2.05) is 0 Å². The average molecular weight is 533 g/mol. The number of rotatable bonds is 5. The zero-order chi connectivity index (χ0) is 21.3. The first kappa shape index (κ1) is 21.1. The van der Waals surface area contributed by atoms with Gasteiger partial charge in [0, 0.05) is 20.6 Å². The maximum absolute atomic E-state index is 14.3. The van der Waals surface area contributed by atoms with Crippen molar-refractivity contribution in [1.82, 2.24) is 0 Å². The quantitative estimate of drug-likeness (QED) is 0.431. The smallest absolute Gasteiger partial charge is 0.339 e. The lowest BCUT2D eigenvalue weighted by Crippen LogP contribution is -2.18. The third-order valence-corrected chi connectivity index (χ3v) is 5.56. The number of carboxylic acids is 1. The number of carbonyl (C=O) groups excluding carboxylic acids is 1. The molecule has 0 bridgehead atoms. The maximum Gasteiger partial charge on any atom is 0.339 e. The first-order chi connectivity index (χ1) is 13.7. The van der Waals surface area contributed by atoms with Crippen molar-refractivity contribution in [2.45, 2.75) is 0 Å². The van der Waals surface area contributed by atoms with Crippen LogP contribution in [0.5, 0.6) is 5.75 Å². The summed E-state index contributed by atoms with van der Waals surface area (Å²) < 4.78 is 47.4. The Labute approximate surface area is 180 Å². The van der Waals surface area contributed by atoms with E-state index >= 15 is 0 Å². The molecule has 3 rings (SSSR count). The Morgan fingerprint density at radius 1 is 1.10 bits per heavy atom. The predicted octanol–water partition coefficient (Wildman–Crippen LogP) is 5.40. The Morgan fingerprint density at radius 2 is 1.76 bits per heavy atom. The van der Waals surface area contributed by atoms with Crippen molar-refractivity contribution in [3.63, 3.8) is 0 Å². The van der Waals surface area contributed by atoms with Gasteiger partial charge < -0.3 is 15.2 Å². The number of anilines is 1. The number of hydrogen-bond acceptors (Lipinski definition) is 4. The number of ether oxygens (including phenoxy) is 1. The van der Waals surface area contributed by atoms with Gasteiger partial charge in [-0.15, -0.1) is 11.3 Å². The van der Waals surface area contributed by atoms with Crippen molar-refractivity contribution in [2.24, 2.45) is 0 Å². The van der Waals surface area contributed by atoms with Crippen molar-refractivity contribution in [1.29, 1.82) is 0 Å². The van der Waals surface area contributed by atoms with E-state index in [0.717, 1.165) is 22.0 Å². The van der Waals surface area contributed by atoms with Crippen molar-refractivity contribution < 1.29 is 32.6 Å². The number of nitrogens with one attached hydrogen (secondary N) is 1. The first-order valence-corrected chi connectivity index (χ1v) is 9.84. The van der Waals surface area contributed by atoms with Gasteiger partial charge in [-0.05, 0) is 40.3 Å². The molecule has 1 amide bonds. The Hall–Kier alpha value is -2.60. The molecule has 3 aromatic rings. The zero-order valence-corrected chi connectivity index (χ0v) is 17.5. The zero-order valence-electron chi connectivity index (χ0n) is 14.6. The number of hydrogen-bond donors (Lipinski definition) is 2. The third kappa shape index (κ3) is 4.08. The van der Waals surface area contributed by atoms with E-state index in [1.54, 1.807) is 24.3 Å². The molecule has 0 fully saturated rings. The van der Waals surface area contributed by atoms with Gasteiger partial charge in [0.05, 0.1) is 7.11 Å². The molecule has 0 unspecified atom stereocenters. The molecule has 0 aliphatic heterocycles. The van der Waals surface area contributed by atoms with Crippen LogP contribution in [0.15, 0.2) is 35.7 Å². The minimum Gasteiger partial charge on any atom is -0.491 e. The summed E-state index contributed by atoms with van der Waals surface area (Å²) in [6.45, 7) is 0. The largest absolute Gasteiger partial charge is 0.491 e. The molecule has 2 N–H and O–H groups in total. The van der Waals surface area contributed by atoms with Gasteiger partial charge in [-0.25, -0.2) is 18.0 Å². The minimum absolute atomic E-state index is 0.113. The van der Waals surface area contributed by atoms with Crippen LogP contribution in [0.25, 0.3) is 11.1 Å². The fourth-order valence-corrected chi connectivity index (χ4v) is 3.95. The number of benzene rings is 2. The normalized spacial score (nSPS) is 10.7. The molecular formula is C19H11F3INO4S. The van der Waals surface area contributed by atoms with E-state index in [1.165, 1.54) is 5.38 Å². The van der Waals surface area contributed by atoms with Crippen LogP contribution >= 0.6 is 33.9 Å². The van der Waals surface area contributed by atoms with Gasteiger partial charge in [-0.1, -0.05) is 12.1 Å². The predicted molar refractivity (Wildman–Crippen MR) is 110 cm³/mol. The van der Waals surface area contributed by atoms with Crippen LogP contribution in [-0.4, -0.2) is 24.1 Å². The molecule has 0 saturated carbocycles. The van der Waals surface area contributed by atoms with Crippen molar-refractivity contribution in [2.75, 3.05) is 12.4 Å². The summed E-state index contributed by atoms with van der Waals surface area (Å²) in [6, 6.07) is 7.32. The molecule has 0 spiro atoms. The molecule has 5 nitrogen and oxygen atoms in total. The van der Waals surface area contributed by atoms with Gasteiger partial charge >= 0.3 is 5.97 Å². The van der Waals surface area contributed by atoms with E-state index in [4.69, 9.17) is 0 Å². The highest BCUT2D eigenvalue weighted by atomic mass is 127. The van der Waals surface area contributed by atoms with E-state index in [-0.39, 0.29) is 10.6 Å². The standard InChI is InChI=1S/C19H11F3INO4S/c1-28-16-12(21)6-11(20)14(15(16)22)17(25)24-18-13(19(26)27)10(7-29-18)8-2-4-9(23)5-3-8/h2-7H,1H3,(H,24,25)(H,26,27). The maximum atomic E-state index is 14.3. The fourth-order valence-electron chi connectivity index (χ4n) is 2.64. The number of methoxy groups -OCH3 is 1. The van der Waals surface area contributed by atoms with Gasteiger partial charge in [0.2, 0.25) is 0 Å². The highest BCUT2D eigenvalue weighted by molar-refractivity contribution is 14.1. The fraction of sp³-hybridized carbons (Fsp3) is 0.0526. The number of carboxylic acid groups (broad SMARTS) is 1. The van der Waals surface area contributed by atoms with Crippen LogP contribution in [0.1, 0.15) is 20.7 Å². The Kier molecular flexibility index (Phi) is 6.13. The topological polar surface area (TPSA) is 75.6 Å². The van der Waals surface area contributed by atoms with Crippen LogP contribution in [0.2, 0.25) is 0 Å². The molecule has 10 heteroatoms. The third-order valence-electron chi connectivity index (χ3n) is 3.95. The highest BCUT2D eigenvalue weighted by Crippen LogP contribution is 2.36. The van der Waals surface area contributed by atoms with Crippen LogP contribution in [0, 0.1) is 21.0 Å². The van der Waals surface area contributed by atoms with Gasteiger partial charge in [0.1, 0.15) is 21.9 Å². The van der Waals surface area contributed by atoms with E-state index < -0.39 is 40.6 Å². The highest BCUT2D eigenvalue weighted by Gasteiger charge is 2.27. The molecule has 0 saturated heterocycles. The number of aromatic carboxylic acids is 1.